The molecule has 1 aliphatic heterocycles. The highest BCUT2D eigenvalue weighted by atomic mass is 16.7. The van der Waals surface area contributed by atoms with E-state index in [0.717, 1.165) is 5.28 Å². The van der Waals surface area contributed by atoms with Gasteiger partial charge in [0.2, 0.25) is 0 Å². The summed E-state index contributed by atoms with van der Waals surface area (Å²) in [7, 11) is 1.49. The fourth-order valence-electron chi connectivity index (χ4n) is 0.320. The Bertz CT molecular complexity index is 120. The molecule has 0 aromatic carbocycles. The highest BCUT2D eigenvalue weighted by Gasteiger charge is 1.93. The van der Waals surface area contributed by atoms with Crippen molar-refractivity contribution in [2.75, 3.05) is 7.11 Å². The predicted molar refractivity (Wildman–Crippen MR) is 29.0 cm³/mol. The zero-order chi connectivity index (χ0) is 5.82. The molecule has 5 heteroatoms. The van der Waals surface area contributed by atoms with Crippen molar-refractivity contribution in [1.82, 2.24) is 10.8 Å². The molecule has 8 heavy (non-hydrogen) atoms. The number of rotatable bonds is 1. The van der Waals surface area contributed by atoms with Crippen LogP contribution in [0.25, 0.3) is 0 Å². The van der Waals surface area contributed by atoms with Crippen molar-refractivity contribution in [3.8, 4) is 0 Å². The highest BCUT2D eigenvalue weighted by molar-refractivity contribution is 6.15. The van der Waals surface area contributed by atoms with E-state index in [1.165, 1.54) is 19.5 Å². The van der Waals surface area contributed by atoms with Gasteiger partial charge in [0, 0.05) is 0 Å². The quantitative estimate of drug-likeness (QED) is 0.492. The molecule has 1 N–H and O–H groups in total. The maximum atomic E-state index is 4.60. The van der Waals surface area contributed by atoms with Gasteiger partial charge in [-0.3, -0.25) is 0 Å². The first-order valence-electron chi connectivity index (χ1n) is 2.09. The zero-order valence-corrected chi connectivity index (χ0v) is 4.40. The molecule has 0 unspecified atom stereocenters. The molecular formula is C3H6N4O. The largest absolute Gasteiger partial charge is 0.240 e. The molecule has 1 aliphatic rings. The van der Waals surface area contributed by atoms with Crippen LogP contribution in [0.2, 0.25) is 0 Å². The van der Waals surface area contributed by atoms with Gasteiger partial charge in [-0.25, -0.2) is 4.84 Å². The van der Waals surface area contributed by atoms with Crippen molar-refractivity contribution < 1.29 is 4.84 Å². The van der Waals surface area contributed by atoms with Crippen molar-refractivity contribution in [3.05, 3.63) is 0 Å². The zero-order valence-electron chi connectivity index (χ0n) is 4.40. The van der Waals surface area contributed by atoms with Gasteiger partial charge in [-0.2, -0.15) is 10.6 Å². The van der Waals surface area contributed by atoms with Gasteiger partial charge in [-0.05, 0) is 0 Å². The maximum Gasteiger partial charge on any atom is 0.0718 e. The Labute approximate surface area is 46.5 Å². The summed E-state index contributed by atoms with van der Waals surface area (Å²) in [5, 5.41) is 8.42. The second-order valence-corrected chi connectivity index (χ2v) is 1.10. The van der Waals surface area contributed by atoms with Crippen LogP contribution in [0.5, 0.6) is 0 Å². The Kier molecular flexibility index (Phi) is 1.43. The van der Waals surface area contributed by atoms with Crippen LogP contribution in [-0.4, -0.2) is 24.8 Å². The minimum atomic E-state index is 1.14. The van der Waals surface area contributed by atoms with E-state index < -0.39 is 0 Å². The average Bonchev–Trinajstić information content (AvgIpc) is 1.90. The van der Waals surface area contributed by atoms with E-state index in [2.05, 4.69) is 20.6 Å². The molecular weight excluding hydrogens is 108 g/mol. The van der Waals surface area contributed by atoms with Crippen LogP contribution in [0.4, 0.5) is 0 Å². The summed E-state index contributed by atoms with van der Waals surface area (Å²) in [4.78, 5) is 4.60. The Morgan fingerprint density at radius 3 is 2.88 bits per heavy atom. The molecule has 0 saturated carbocycles. The standard InChI is InChI=1S/C3H6N4O/c1-8-7-5-3-2-4-6-7/h2-3,6H,1H3. The predicted octanol–water partition coefficient (Wildman–Crippen LogP) is -0.660. The van der Waals surface area contributed by atoms with Crippen LogP contribution in [0, 0.1) is 0 Å². The minimum Gasteiger partial charge on any atom is -0.240 e. The molecule has 0 spiro atoms. The third kappa shape index (κ3) is 0.941. The van der Waals surface area contributed by atoms with Gasteiger partial charge in [-0.1, -0.05) is 5.28 Å². The lowest BCUT2D eigenvalue weighted by Gasteiger charge is -2.13. The molecule has 0 saturated heterocycles. The molecule has 0 atom stereocenters. The van der Waals surface area contributed by atoms with Crippen LogP contribution in [0.15, 0.2) is 10.2 Å². The molecule has 44 valence electrons. The Balaban J connectivity index is 2.40. The maximum absolute atomic E-state index is 4.60. The molecule has 0 bridgehead atoms. The SMILES string of the molecule is CON1N=CC=NN1. The monoisotopic (exact) mass is 114 g/mol. The first-order chi connectivity index (χ1) is 3.93. The summed E-state index contributed by atoms with van der Waals surface area (Å²) >= 11 is 0. The molecule has 0 amide bonds. The van der Waals surface area contributed by atoms with E-state index in [9.17, 15) is 0 Å². The molecule has 0 fully saturated rings. The van der Waals surface area contributed by atoms with Gasteiger partial charge in [0.1, 0.15) is 0 Å². The number of nitrogens with zero attached hydrogens (tertiary/aromatic N) is 3. The molecule has 0 aliphatic carbocycles. The first-order valence-corrected chi connectivity index (χ1v) is 2.09. The summed E-state index contributed by atoms with van der Waals surface area (Å²) in [6.07, 6.45) is 3.04. The molecule has 1 rings (SSSR count). The minimum absolute atomic E-state index is 1.14. The number of hydrazine groups is 1. The van der Waals surface area contributed by atoms with Gasteiger partial charge in [0.25, 0.3) is 0 Å². The lowest BCUT2D eigenvalue weighted by Crippen LogP contribution is -2.30. The molecule has 0 aromatic heterocycles. The summed E-state index contributed by atoms with van der Waals surface area (Å²) in [5.74, 6) is 0. The molecule has 5 nitrogen and oxygen atoms in total. The van der Waals surface area contributed by atoms with Gasteiger partial charge >= 0.3 is 0 Å². The Morgan fingerprint density at radius 2 is 2.50 bits per heavy atom. The second-order valence-electron chi connectivity index (χ2n) is 1.10. The van der Waals surface area contributed by atoms with Crippen molar-refractivity contribution in [2.45, 2.75) is 0 Å². The third-order valence-electron chi connectivity index (χ3n) is 0.629. The third-order valence-corrected chi connectivity index (χ3v) is 0.629. The fourth-order valence-corrected chi connectivity index (χ4v) is 0.320. The molecule has 0 aromatic rings. The van der Waals surface area contributed by atoms with Crippen molar-refractivity contribution in [2.24, 2.45) is 10.2 Å². The van der Waals surface area contributed by atoms with E-state index in [-0.39, 0.29) is 0 Å². The lowest BCUT2D eigenvalue weighted by atomic mass is 10.8. The average molecular weight is 114 g/mol. The van der Waals surface area contributed by atoms with Crippen molar-refractivity contribution in [1.29, 1.82) is 0 Å². The summed E-state index contributed by atoms with van der Waals surface area (Å²) in [6.45, 7) is 0. The van der Waals surface area contributed by atoms with Crippen LogP contribution in [0.1, 0.15) is 0 Å². The fraction of sp³-hybridized carbons (Fsp3) is 0.333. The van der Waals surface area contributed by atoms with E-state index >= 15 is 0 Å². The number of hydrogen-bond acceptors (Lipinski definition) is 5. The number of hydrogen-bond donors (Lipinski definition) is 1. The summed E-state index contributed by atoms with van der Waals surface area (Å²) in [5.41, 5.74) is 2.45. The van der Waals surface area contributed by atoms with Gasteiger partial charge < -0.3 is 0 Å². The lowest BCUT2D eigenvalue weighted by molar-refractivity contribution is -0.171. The number of nitrogens with one attached hydrogen (secondary N) is 1. The van der Waals surface area contributed by atoms with Crippen LogP contribution in [0.3, 0.4) is 0 Å². The van der Waals surface area contributed by atoms with E-state index in [0.29, 0.717) is 0 Å². The van der Waals surface area contributed by atoms with Gasteiger partial charge in [0.05, 0.1) is 19.5 Å². The summed E-state index contributed by atoms with van der Waals surface area (Å²) < 4.78 is 0. The Morgan fingerprint density at radius 1 is 1.62 bits per heavy atom. The van der Waals surface area contributed by atoms with E-state index in [4.69, 9.17) is 0 Å². The van der Waals surface area contributed by atoms with Crippen molar-refractivity contribution >= 4 is 12.4 Å². The molecule has 0 radical (unpaired) electrons. The first kappa shape index (κ1) is 5.04. The van der Waals surface area contributed by atoms with Crippen molar-refractivity contribution in [3.63, 3.8) is 0 Å². The topological polar surface area (TPSA) is 49.2 Å². The van der Waals surface area contributed by atoms with E-state index in [1.54, 1.807) is 0 Å². The normalized spacial score (nSPS) is 16.4. The van der Waals surface area contributed by atoms with Gasteiger partial charge in [-0.15, -0.1) is 5.10 Å². The number of hydrazone groups is 2. The van der Waals surface area contributed by atoms with Gasteiger partial charge in [0.15, 0.2) is 0 Å². The van der Waals surface area contributed by atoms with Crippen LogP contribution >= 0.6 is 0 Å². The van der Waals surface area contributed by atoms with Crippen LogP contribution in [-0.2, 0) is 4.84 Å². The van der Waals surface area contributed by atoms with Crippen LogP contribution < -0.4 is 5.53 Å². The second kappa shape index (κ2) is 2.27. The smallest absolute Gasteiger partial charge is 0.0718 e. The highest BCUT2D eigenvalue weighted by Crippen LogP contribution is 1.83. The Hall–Kier alpha value is -1.10. The molecule has 1 heterocycles. The summed E-state index contributed by atoms with van der Waals surface area (Å²) in [6, 6.07) is 0. The van der Waals surface area contributed by atoms with E-state index in [1.807, 2.05) is 0 Å².